The molecule has 4 aliphatic rings. The van der Waals surface area contributed by atoms with E-state index in [2.05, 4.69) is 0 Å². The quantitative estimate of drug-likeness (QED) is 0.0965. The van der Waals surface area contributed by atoms with Gasteiger partial charge in [-0.2, -0.15) is 0 Å². The third-order valence-corrected chi connectivity index (χ3v) is 9.06. The summed E-state index contributed by atoms with van der Waals surface area (Å²) in [6.45, 7) is 2.89. The molecule has 1 aromatic carbocycles. The van der Waals surface area contributed by atoms with Gasteiger partial charge in [-0.05, 0) is 31.5 Å². The SMILES string of the molecule is CC(=O)CC(=O)C1=C(C)OC(c2ccc(O)c(CO)c2)C(OC2OC(COC3OC4(O)C(C)C(O)C(O)C34)C(O)C(O)C2O)C1=O. The Kier molecular flexibility index (Phi) is 9.72. The molecule has 5 rings (SSSR count). The lowest BCUT2D eigenvalue weighted by Crippen LogP contribution is -2.64. The van der Waals surface area contributed by atoms with E-state index >= 15 is 0 Å². The normalized spacial score (nSPS) is 40.7. The molecule has 254 valence electrons. The predicted molar refractivity (Wildman–Crippen MR) is 148 cm³/mol. The second-order valence-corrected chi connectivity index (χ2v) is 12.1. The topological polar surface area (TPSA) is 259 Å². The molecule has 0 spiro atoms. The van der Waals surface area contributed by atoms with Crippen molar-refractivity contribution in [1.29, 1.82) is 0 Å². The molecule has 3 aliphatic heterocycles. The second-order valence-electron chi connectivity index (χ2n) is 12.1. The zero-order valence-corrected chi connectivity index (χ0v) is 25.1. The fraction of sp³-hybridized carbons (Fsp3) is 0.633. The lowest BCUT2D eigenvalue weighted by molar-refractivity contribution is -0.440. The maximum Gasteiger partial charge on any atom is 0.202 e. The molecule has 0 radical (unpaired) electrons. The van der Waals surface area contributed by atoms with Crippen LogP contribution in [0, 0.1) is 11.8 Å². The average Bonchev–Trinajstić information content (AvgIpc) is 3.11. The number of aliphatic hydroxyl groups is 7. The van der Waals surface area contributed by atoms with Crippen LogP contribution in [0.4, 0.5) is 0 Å². The van der Waals surface area contributed by atoms with E-state index in [1.165, 1.54) is 32.0 Å². The smallest absolute Gasteiger partial charge is 0.202 e. The first-order valence-electron chi connectivity index (χ1n) is 14.7. The number of Topliss-reactive ketones (excluding diaryl/α,β-unsaturated/α-hetero) is 3. The van der Waals surface area contributed by atoms with Gasteiger partial charge in [0, 0.05) is 11.5 Å². The van der Waals surface area contributed by atoms with Gasteiger partial charge in [0.15, 0.2) is 36.4 Å². The highest BCUT2D eigenvalue weighted by atomic mass is 16.8. The Morgan fingerprint density at radius 3 is 2.33 bits per heavy atom. The van der Waals surface area contributed by atoms with Crippen molar-refractivity contribution in [3.05, 3.63) is 40.7 Å². The van der Waals surface area contributed by atoms with E-state index in [9.17, 15) is 55.2 Å². The Bertz CT molecular complexity index is 1390. The molecule has 13 unspecified atom stereocenters. The number of benzene rings is 1. The zero-order chi connectivity index (χ0) is 33.8. The Morgan fingerprint density at radius 1 is 1.00 bits per heavy atom. The number of fused-ring (bicyclic) bond motifs is 1. The monoisotopic (exact) mass is 654 g/mol. The van der Waals surface area contributed by atoms with Crippen LogP contribution < -0.4 is 0 Å². The summed E-state index contributed by atoms with van der Waals surface area (Å²) in [5.41, 5.74) is -0.175. The summed E-state index contributed by atoms with van der Waals surface area (Å²) < 4.78 is 28.5. The highest BCUT2D eigenvalue weighted by Crippen LogP contribution is 2.53. The van der Waals surface area contributed by atoms with Gasteiger partial charge < -0.3 is 64.5 Å². The van der Waals surface area contributed by atoms with E-state index < -0.39 is 122 Å². The van der Waals surface area contributed by atoms with Crippen molar-refractivity contribution in [2.45, 2.75) is 101 Å². The van der Waals surface area contributed by atoms with E-state index in [-0.39, 0.29) is 22.6 Å². The molecule has 1 aliphatic carbocycles. The van der Waals surface area contributed by atoms with Gasteiger partial charge in [0.2, 0.25) is 5.78 Å². The van der Waals surface area contributed by atoms with Gasteiger partial charge >= 0.3 is 0 Å². The van der Waals surface area contributed by atoms with Gasteiger partial charge in [0.1, 0.15) is 47.3 Å². The molecule has 3 fully saturated rings. The van der Waals surface area contributed by atoms with Crippen molar-refractivity contribution >= 4 is 17.3 Å². The molecule has 0 aromatic heterocycles. The van der Waals surface area contributed by atoms with Crippen molar-refractivity contribution in [2.24, 2.45) is 11.8 Å². The number of hydrogen-bond acceptors (Lipinski definition) is 16. The minimum atomic E-state index is -1.94. The molecule has 0 bridgehead atoms. The molecule has 8 N–H and O–H groups in total. The van der Waals surface area contributed by atoms with E-state index in [4.69, 9.17) is 23.7 Å². The fourth-order valence-corrected chi connectivity index (χ4v) is 6.37. The van der Waals surface area contributed by atoms with Gasteiger partial charge in [-0.15, -0.1) is 0 Å². The third kappa shape index (κ3) is 5.88. The molecule has 1 aromatic rings. The fourth-order valence-electron chi connectivity index (χ4n) is 6.37. The molecule has 3 heterocycles. The Morgan fingerprint density at radius 2 is 1.70 bits per heavy atom. The Hall–Kier alpha value is -2.87. The molecule has 0 amide bonds. The maximum absolute atomic E-state index is 13.8. The number of ether oxygens (including phenoxy) is 5. The summed E-state index contributed by atoms with van der Waals surface area (Å²) in [6.07, 6.45) is -16.4. The van der Waals surface area contributed by atoms with Crippen molar-refractivity contribution < 1.29 is 78.9 Å². The lowest BCUT2D eigenvalue weighted by Gasteiger charge is -2.49. The lowest BCUT2D eigenvalue weighted by atomic mass is 9.89. The van der Waals surface area contributed by atoms with Crippen LogP contribution in [0.25, 0.3) is 0 Å². The summed E-state index contributed by atoms with van der Waals surface area (Å²) in [6, 6.07) is 3.95. The molecule has 13 atom stereocenters. The number of aromatic hydroxyl groups is 1. The standard InChI is InChI=1S/C30H38O16/c1-10(32)6-16(34)18-12(3)43-26(13-4-5-15(33)14(7-13)8-31)27(22(18)37)45-29-25(40)24(39)21(36)17(44-29)9-42-28-19-23(38)20(35)11(2)30(19,41)46-28/h4-5,7,11,17,19-21,23-29,31,33,35-36,38-41H,6,8-9H2,1-3H3. The zero-order valence-electron chi connectivity index (χ0n) is 25.1. The van der Waals surface area contributed by atoms with Crippen LogP contribution in [0.2, 0.25) is 0 Å². The van der Waals surface area contributed by atoms with Crippen LogP contribution in [0.1, 0.15) is 44.4 Å². The molecule has 2 saturated heterocycles. The number of carbonyl (C=O) groups is 3. The number of ketones is 3. The van der Waals surface area contributed by atoms with Gasteiger partial charge in [0.25, 0.3) is 0 Å². The summed E-state index contributed by atoms with van der Waals surface area (Å²) in [5.74, 6) is -6.37. The van der Waals surface area contributed by atoms with Crippen LogP contribution in [0.3, 0.4) is 0 Å². The van der Waals surface area contributed by atoms with Crippen molar-refractivity contribution in [2.75, 3.05) is 6.61 Å². The van der Waals surface area contributed by atoms with Gasteiger partial charge in [-0.3, -0.25) is 14.4 Å². The second kappa shape index (κ2) is 13.0. The number of hydrogen-bond donors (Lipinski definition) is 8. The van der Waals surface area contributed by atoms with E-state index in [1.54, 1.807) is 0 Å². The summed E-state index contributed by atoms with van der Waals surface area (Å²) in [5, 5.41) is 82.9. The van der Waals surface area contributed by atoms with Crippen LogP contribution >= 0.6 is 0 Å². The first-order chi connectivity index (χ1) is 21.6. The van der Waals surface area contributed by atoms with Crippen LogP contribution in [0.5, 0.6) is 5.75 Å². The molecule has 46 heavy (non-hydrogen) atoms. The van der Waals surface area contributed by atoms with Crippen molar-refractivity contribution in [1.82, 2.24) is 0 Å². The molecular formula is C30H38O16. The third-order valence-electron chi connectivity index (χ3n) is 9.06. The first kappa shape index (κ1) is 34.5. The largest absolute Gasteiger partial charge is 0.508 e. The summed E-state index contributed by atoms with van der Waals surface area (Å²) in [7, 11) is 0. The van der Waals surface area contributed by atoms with Crippen LogP contribution in [0.15, 0.2) is 29.5 Å². The number of allylic oxidation sites excluding steroid dienone is 1. The Labute approximate surface area is 262 Å². The van der Waals surface area contributed by atoms with E-state index in [0.29, 0.717) is 0 Å². The molecule has 16 nitrogen and oxygen atoms in total. The number of rotatable bonds is 10. The Balaban J connectivity index is 1.38. The van der Waals surface area contributed by atoms with Crippen molar-refractivity contribution in [3.63, 3.8) is 0 Å². The maximum atomic E-state index is 13.8. The van der Waals surface area contributed by atoms with E-state index in [1.807, 2.05) is 0 Å². The number of phenols is 1. The van der Waals surface area contributed by atoms with Crippen molar-refractivity contribution in [3.8, 4) is 5.75 Å². The molecule has 16 heteroatoms. The highest BCUT2D eigenvalue weighted by molar-refractivity contribution is 6.25. The first-order valence-corrected chi connectivity index (χ1v) is 14.7. The molecular weight excluding hydrogens is 616 g/mol. The van der Waals surface area contributed by atoms with E-state index in [0.717, 1.165) is 6.92 Å². The minimum absolute atomic E-state index is 0.0801. The highest BCUT2D eigenvalue weighted by Gasteiger charge is 2.70. The van der Waals surface area contributed by atoms with Gasteiger partial charge in [-0.25, -0.2) is 0 Å². The number of carbonyl (C=O) groups excluding carboxylic acids is 3. The van der Waals surface area contributed by atoms with Crippen LogP contribution in [-0.4, -0.2) is 126 Å². The molecule has 1 saturated carbocycles. The van der Waals surface area contributed by atoms with Crippen LogP contribution in [-0.2, 0) is 44.7 Å². The predicted octanol–water partition coefficient (Wildman–Crippen LogP) is -2.41. The summed E-state index contributed by atoms with van der Waals surface area (Å²) in [4.78, 5) is 38.3. The van der Waals surface area contributed by atoms with Gasteiger partial charge in [0.05, 0.1) is 37.8 Å². The average molecular weight is 655 g/mol. The minimum Gasteiger partial charge on any atom is -0.508 e. The van der Waals surface area contributed by atoms with Gasteiger partial charge in [-0.1, -0.05) is 13.0 Å². The number of aliphatic hydroxyl groups excluding tert-OH is 6. The summed E-state index contributed by atoms with van der Waals surface area (Å²) >= 11 is 0.